The van der Waals surface area contributed by atoms with Crippen molar-refractivity contribution in [1.29, 1.82) is 0 Å². The largest absolute Gasteiger partial charge is 0.456 e. The van der Waals surface area contributed by atoms with E-state index in [2.05, 4.69) is 97.1 Å². The van der Waals surface area contributed by atoms with Crippen molar-refractivity contribution in [2.75, 3.05) is 4.90 Å². The van der Waals surface area contributed by atoms with Crippen LogP contribution in [0.25, 0.3) is 77.2 Å². The smallest absolute Gasteiger partial charge is 0.135 e. The molecule has 1 aromatic heterocycles. The first-order chi connectivity index (χ1) is 34.4. The fourth-order valence-corrected chi connectivity index (χ4v) is 10.2. The van der Waals surface area contributed by atoms with Crippen LogP contribution in [0, 0.1) is 0 Å². The van der Waals surface area contributed by atoms with E-state index < -0.39 is 53.8 Å². The molecule has 0 saturated carbocycles. The molecule has 0 N–H and O–H groups in total. The maximum absolute atomic E-state index is 9.45. The van der Waals surface area contributed by atoms with Crippen LogP contribution < -0.4 is 4.90 Å². The molecule has 11 aromatic rings. The van der Waals surface area contributed by atoms with Crippen molar-refractivity contribution in [2.24, 2.45) is 0 Å². The van der Waals surface area contributed by atoms with Gasteiger partial charge in [-0.15, -0.1) is 0 Å². The fourth-order valence-electron chi connectivity index (χ4n) is 10.2. The summed E-state index contributed by atoms with van der Waals surface area (Å²) < 4.78 is 94.6. The van der Waals surface area contributed by atoms with Gasteiger partial charge in [0.25, 0.3) is 0 Å². The van der Waals surface area contributed by atoms with Crippen LogP contribution in [-0.2, 0) is 5.41 Å². The van der Waals surface area contributed by atoms with Crippen LogP contribution in [0.3, 0.4) is 0 Å². The molecule has 2 aliphatic carbocycles. The zero-order chi connectivity index (χ0) is 48.8. The third kappa shape index (κ3) is 4.85. The monoisotopic (exact) mass is 785 g/mol. The van der Waals surface area contributed by atoms with Gasteiger partial charge in [0.15, 0.2) is 0 Å². The van der Waals surface area contributed by atoms with Crippen LogP contribution in [0.2, 0.25) is 0 Å². The summed E-state index contributed by atoms with van der Waals surface area (Å²) in [5.41, 5.74) is 12.6. The van der Waals surface area contributed by atoms with Crippen LogP contribution in [0.1, 0.15) is 36.0 Å². The van der Waals surface area contributed by atoms with E-state index in [4.69, 9.17) is 15.4 Å². The van der Waals surface area contributed by atoms with E-state index in [0.29, 0.717) is 27.7 Å². The SMILES string of the molecule is [2H]c1c([2H])c([2H])c(-c2ccc(N(c3ccc4c(c3)C3(c5ccccc5-c5ccccc53)c3cc(-c5ccc6oc7ccccc7c6c5)ccc3-4)c3c([2H])c([2H])c([2H])c([2H])c3[2H])c3ccccc23)c([2H])c1[2H]. The van der Waals surface area contributed by atoms with Crippen molar-refractivity contribution < 1.29 is 18.1 Å². The van der Waals surface area contributed by atoms with Gasteiger partial charge in [-0.25, -0.2) is 0 Å². The normalized spacial score (nSPS) is 15.3. The molecule has 0 fully saturated rings. The summed E-state index contributed by atoms with van der Waals surface area (Å²) in [5, 5.41) is 3.17. The third-order valence-corrected chi connectivity index (χ3v) is 12.7. The third-order valence-electron chi connectivity index (χ3n) is 12.7. The van der Waals surface area contributed by atoms with Crippen molar-refractivity contribution in [1.82, 2.24) is 0 Å². The average molecular weight is 786 g/mol. The highest BCUT2D eigenvalue weighted by Crippen LogP contribution is 2.64. The number of rotatable bonds is 5. The van der Waals surface area contributed by atoms with Gasteiger partial charge in [0, 0.05) is 27.5 Å². The van der Waals surface area contributed by atoms with Crippen molar-refractivity contribution >= 4 is 49.8 Å². The molecule has 13 rings (SSSR count). The van der Waals surface area contributed by atoms with E-state index in [-0.39, 0.29) is 23.3 Å². The second-order valence-corrected chi connectivity index (χ2v) is 15.6. The van der Waals surface area contributed by atoms with Gasteiger partial charge in [0.05, 0.1) is 24.8 Å². The summed E-state index contributed by atoms with van der Waals surface area (Å²) in [6.45, 7) is 0. The number of hydrogen-bond donors (Lipinski definition) is 0. The molecular formula is C59H37NO. The van der Waals surface area contributed by atoms with Gasteiger partial charge in [0.2, 0.25) is 0 Å². The molecule has 1 spiro atoms. The number of anilines is 3. The molecular weight excluding hydrogens is 739 g/mol. The molecule has 0 saturated heterocycles. The molecule has 10 aromatic carbocycles. The molecule has 284 valence electrons. The second kappa shape index (κ2) is 13.0. The standard InChI is InChI=1S/C59H37NO/c1-3-15-38(16-4-1)43-32-33-56(49-22-8-7-19-44(43)49)60(41-17-5-2-6-18-41)42-29-31-48-47-30-27-40(39-28-34-58-51(35-39)50-23-11-14-26-57(50)61-58)36-54(47)59(55(48)37-42)52-24-12-9-20-45(52)46-21-10-13-25-53(46)59/h1-37H/i1D,2D,3D,4D,5D,6D,15D,16D,17D,18D. The fraction of sp³-hybridized carbons (Fsp3) is 0.0169. The Morgan fingerprint density at radius 2 is 0.918 bits per heavy atom. The molecule has 2 heteroatoms. The summed E-state index contributed by atoms with van der Waals surface area (Å²) >= 11 is 0. The number of furan rings is 1. The van der Waals surface area contributed by atoms with Crippen LogP contribution in [-0.4, -0.2) is 0 Å². The highest BCUT2D eigenvalue weighted by Gasteiger charge is 2.52. The van der Waals surface area contributed by atoms with Gasteiger partial charge >= 0.3 is 0 Å². The molecule has 1 heterocycles. The lowest BCUT2D eigenvalue weighted by Crippen LogP contribution is -2.26. The highest BCUT2D eigenvalue weighted by molar-refractivity contribution is 6.08. The van der Waals surface area contributed by atoms with Gasteiger partial charge in [-0.05, 0) is 127 Å². The summed E-state index contributed by atoms with van der Waals surface area (Å²) in [7, 11) is 0. The first kappa shape index (κ1) is 25.5. The van der Waals surface area contributed by atoms with Crippen LogP contribution in [0.4, 0.5) is 17.1 Å². The molecule has 0 atom stereocenters. The highest BCUT2D eigenvalue weighted by atomic mass is 16.3. The van der Waals surface area contributed by atoms with Crippen LogP contribution in [0.5, 0.6) is 0 Å². The maximum atomic E-state index is 9.45. The molecule has 0 bridgehead atoms. The van der Waals surface area contributed by atoms with Crippen molar-refractivity contribution in [2.45, 2.75) is 5.41 Å². The van der Waals surface area contributed by atoms with Crippen LogP contribution in [0.15, 0.2) is 229 Å². The van der Waals surface area contributed by atoms with E-state index >= 15 is 0 Å². The molecule has 0 aliphatic heterocycles. The Bertz CT molecular complexity index is 4060. The van der Waals surface area contributed by atoms with Crippen molar-refractivity contribution in [3.63, 3.8) is 0 Å². The summed E-state index contributed by atoms with van der Waals surface area (Å²) in [4.78, 5) is 1.72. The van der Waals surface area contributed by atoms with Gasteiger partial charge in [-0.1, -0.05) is 170 Å². The molecule has 0 amide bonds. The first-order valence-electron chi connectivity index (χ1n) is 25.3. The summed E-state index contributed by atoms with van der Waals surface area (Å²) in [5.74, 6) is 0. The molecule has 2 aliphatic rings. The van der Waals surface area contributed by atoms with Gasteiger partial charge < -0.3 is 9.32 Å². The van der Waals surface area contributed by atoms with E-state index in [9.17, 15) is 2.74 Å². The van der Waals surface area contributed by atoms with Gasteiger partial charge in [-0.3, -0.25) is 0 Å². The number of para-hydroxylation sites is 2. The number of hydrogen-bond acceptors (Lipinski definition) is 2. The lowest BCUT2D eigenvalue weighted by Gasteiger charge is -2.32. The summed E-state index contributed by atoms with van der Waals surface area (Å²) in [6.07, 6.45) is 0. The van der Waals surface area contributed by atoms with Crippen molar-refractivity contribution in [3.05, 3.63) is 246 Å². The van der Waals surface area contributed by atoms with Gasteiger partial charge in [0.1, 0.15) is 11.2 Å². The Hall–Kier alpha value is -7.94. The zero-order valence-electron chi connectivity index (χ0n) is 42.4. The Morgan fingerprint density at radius 3 is 1.69 bits per heavy atom. The number of fused-ring (bicyclic) bond motifs is 14. The Kier molecular flexibility index (Phi) is 5.45. The van der Waals surface area contributed by atoms with Gasteiger partial charge in [-0.2, -0.15) is 0 Å². The first-order valence-corrected chi connectivity index (χ1v) is 20.3. The summed E-state index contributed by atoms with van der Waals surface area (Å²) in [6, 6.07) is 50.3. The quantitative estimate of drug-likeness (QED) is 0.173. The Labute approximate surface area is 368 Å². The molecule has 0 unspecified atom stereocenters. The van der Waals surface area contributed by atoms with E-state index in [0.717, 1.165) is 77.6 Å². The lowest BCUT2D eigenvalue weighted by molar-refractivity contribution is 0.669. The van der Waals surface area contributed by atoms with Crippen molar-refractivity contribution in [3.8, 4) is 44.5 Å². The molecule has 2 nitrogen and oxygen atoms in total. The van der Waals surface area contributed by atoms with E-state index in [1.54, 1.807) is 29.2 Å². The minimum absolute atomic E-state index is 0.0290. The predicted octanol–water partition coefficient (Wildman–Crippen LogP) is 15.9. The minimum atomic E-state index is -0.852. The van der Waals surface area contributed by atoms with E-state index in [1.807, 2.05) is 42.5 Å². The zero-order valence-corrected chi connectivity index (χ0v) is 32.4. The Balaban J connectivity index is 1.09. The maximum Gasteiger partial charge on any atom is 0.135 e. The minimum Gasteiger partial charge on any atom is -0.456 e. The Morgan fingerprint density at radius 1 is 0.361 bits per heavy atom. The second-order valence-electron chi connectivity index (χ2n) is 15.6. The lowest BCUT2D eigenvalue weighted by atomic mass is 9.70. The number of nitrogens with zero attached hydrogens (tertiary/aromatic N) is 1. The van der Waals surface area contributed by atoms with E-state index in [1.165, 1.54) is 0 Å². The topological polar surface area (TPSA) is 16.4 Å². The molecule has 0 radical (unpaired) electrons. The molecule has 61 heavy (non-hydrogen) atoms. The number of benzene rings is 10. The predicted molar refractivity (Wildman–Crippen MR) is 253 cm³/mol. The average Bonchev–Trinajstić information content (AvgIpc) is 4.04. The van der Waals surface area contributed by atoms with Crippen LogP contribution >= 0.6 is 0 Å².